The number of hydrogen-bond acceptors (Lipinski definition) is 6. The van der Waals surface area contributed by atoms with Crippen LogP contribution in [0.2, 0.25) is 0 Å². The van der Waals surface area contributed by atoms with Crippen molar-refractivity contribution >= 4 is 37.3 Å². The van der Waals surface area contributed by atoms with Crippen molar-refractivity contribution in [1.29, 1.82) is 0 Å². The van der Waals surface area contributed by atoms with Gasteiger partial charge in [0.25, 0.3) is 0 Å². The monoisotopic (exact) mass is 379 g/mol. The minimum Gasteiger partial charge on any atom is -0.491 e. The van der Waals surface area contributed by atoms with Gasteiger partial charge in [-0.05, 0) is 36.8 Å². The molecule has 0 unspecified atom stereocenters. The van der Waals surface area contributed by atoms with Gasteiger partial charge in [-0.25, -0.2) is 4.79 Å². The van der Waals surface area contributed by atoms with E-state index >= 15 is 0 Å². The molecule has 136 valence electrons. The molecule has 7 heteroatoms. The second-order valence-electron chi connectivity index (χ2n) is 6.07. The number of nitrogen functional groups attached to an aromatic ring is 1. The summed E-state index contributed by atoms with van der Waals surface area (Å²) in [5, 5.41) is 1.06. The van der Waals surface area contributed by atoms with Crippen LogP contribution in [0.25, 0.3) is 25.9 Å². The average Bonchev–Trinajstić information content (AvgIpc) is 2.67. The molecular formula is C20H17N3O3S. The Hall–Kier alpha value is -3.19. The first-order chi connectivity index (χ1) is 13.1. The molecule has 0 aliphatic heterocycles. The predicted molar refractivity (Wildman–Crippen MR) is 109 cm³/mol. The van der Waals surface area contributed by atoms with Crippen molar-refractivity contribution in [2.75, 3.05) is 12.3 Å². The van der Waals surface area contributed by atoms with Crippen LogP contribution in [0.3, 0.4) is 0 Å². The van der Waals surface area contributed by atoms with Gasteiger partial charge in [0.15, 0.2) is 5.43 Å². The number of anilines is 1. The van der Waals surface area contributed by atoms with Gasteiger partial charge < -0.3 is 10.5 Å². The van der Waals surface area contributed by atoms with Crippen LogP contribution in [0, 0.1) is 0 Å². The number of nitrogens with zero attached hydrogens (tertiary/aromatic N) is 2. The van der Waals surface area contributed by atoms with Gasteiger partial charge in [0.05, 0.1) is 12.0 Å². The Kier molecular flexibility index (Phi) is 4.37. The molecule has 0 amide bonds. The summed E-state index contributed by atoms with van der Waals surface area (Å²) in [6.45, 7) is 2.47. The third-order valence-electron chi connectivity index (χ3n) is 4.21. The third-order valence-corrected chi connectivity index (χ3v) is 5.35. The molecule has 4 rings (SSSR count). The second kappa shape index (κ2) is 6.85. The number of aromatic nitrogens is 2. The number of fused-ring (bicyclic) bond motifs is 2. The van der Waals surface area contributed by atoms with E-state index in [-0.39, 0.29) is 11.2 Å². The zero-order valence-corrected chi connectivity index (χ0v) is 15.5. The molecule has 6 nitrogen and oxygen atoms in total. The molecule has 2 aromatic heterocycles. The third kappa shape index (κ3) is 2.96. The molecule has 0 atom stereocenters. The number of rotatable bonds is 4. The zero-order chi connectivity index (χ0) is 19.0. The van der Waals surface area contributed by atoms with Crippen molar-refractivity contribution in [3.63, 3.8) is 0 Å². The van der Waals surface area contributed by atoms with Gasteiger partial charge in [-0.3, -0.25) is 9.36 Å². The maximum absolute atomic E-state index is 13.3. The Labute approximate surface area is 158 Å². The first-order valence-corrected chi connectivity index (χ1v) is 9.38. The number of nitrogens with two attached hydrogens (primary N) is 1. The summed E-state index contributed by atoms with van der Waals surface area (Å²) < 4.78 is 8.85. The largest absolute Gasteiger partial charge is 0.491 e. The molecule has 0 aliphatic rings. The van der Waals surface area contributed by atoms with E-state index in [0.29, 0.717) is 28.8 Å². The lowest BCUT2D eigenvalue weighted by Crippen LogP contribution is -2.23. The zero-order valence-electron chi connectivity index (χ0n) is 14.6. The minimum absolute atomic E-state index is 0.128. The van der Waals surface area contributed by atoms with Gasteiger partial charge >= 0.3 is 5.69 Å². The maximum atomic E-state index is 13.3. The van der Waals surface area contributed by atoms with Crippen molar-refractivity contribution in [3.8, 4) is 11.4 Å². The smallest absolute Gasteiger partial charge is 0.354 e. The van der Waals surface area contributed by atoms with Crippen molar-refractivity contribution in [3.05, 3.63) is 69.4 Å². The Morgan fingerprint density at radius 2 is 1.93 bits per heavy atom. The SMILES string of the molecule is CCCOc1ccc2sc3ccccc3c(=O)c2c1-n1ccc(N)nc1=O. The lowest BCUT2D eigenvalue weighted by atomic mass is 10.1. The Morgan fingerprint density at radius 3 is 2.70 bits per heavy atom. The standard InChI is InChI=1S/C20H17N3O3S/c1-2-11-26-13-7-8-15-17(18(13)23-10-9-16(21)22-20(23)25)19(24)12-5-3-4-6-14(12)27-15/h3-10H,2,11H2,1H3,(H2,21,22,25). The van der Waals surface area contributed by atoms with Crippen LogP contribution < -0.4 is 21.6 Å². The molecule has 4 aromatic rings. The molecule has 0 saturated heterocycles. The van der Waals surface area contributed by atoms with Crippen LogP contribution in [-0.2, 0) is 0 Å². The Morgan fingerprint density at radius 1 is 1.11 bits per heavy atom. The van der Waals surface area contributed by atoms with Gasteiger partial charge in [0, 0.05) is 21.0 Å². The lowest BCUT2D eigenvalue weighted by molar-refractivity contribution is 0.316. The Balaban J connectivity index is 2.16. The minimum atomic E-state index is -0.554. The summed E-state index contributed by atoms with van der Waals surface area (Å²) in [5.41, 5.74) is 5.34. The van der Waals surface area contributed by atoms with E-state index in [0.717, 1.165) is 15.8 Å². The van der Waals surface area contributed by atoms with Crippen LogP contribution in [0.4, 0.5) is 5.82 Å². The van der Waals surface area contributed by atoms with Crippen molar-refractivity contribution in [2.24, 2.45) is 0 Å². The molecule has 0 spiro atoms. The summed E-state index contributed by atoms with van der Waals surface area (Å²) in [6.07, 6.45) is 2.33. The van der Waals surface area contributed by atoms with E-state index in [1.807, 2.05) is 31.2 Å². The summed E-state index contributed by atoms with van der Waals surface area (Å²) in [7, 11) is 0. The molecule has 2 N–H and O–H groups in total. The van der Waals surface area contributed by atoms with Crippen molar-refractivity contribution in [1.82, 2.24) is 9.55 Å². The van der Waals surface area contributed by atoms with E-state index in [1.54, 1.807) is 12.1 Å². The first-order valence-electron chi connectivity index (χ1n) is 8.57. The van der Waals surface area contributed by atoms with Gasteiger partial charge in [-0.15, -0.1) is 11.3 Å². The van der Waals surface area contributed by atoms with Crippen LogP contribution >= 0.6 is 11.3 Å². The van der Waals surface area contributed by atoms with Crippen molar-refractivity contribution < 1.29 is 4.74 Å². The molecule has 0 aliphatic carbocycles. The average molecular weight is 379 g/mol. The number of hydrogen-bond donors (Lipinski definition) is 1. The van der Waals surface area contributed by atoms with Crippen LogP contribution in [0.1, 0.15) is 13.3 Å². The molecular weight excluding hydrogens is 362 g/mol. The Bertz CT molecular complexity index is 1280. The number of benzene rings is 2. The second-order valence-corrected chi connectivity index (χ2v) is 7.15. The molecule has 0 radical (unpaired) electrons. The van der Waals surface area contributed by atoms with Crippen LogP contribution in [-0.4, -0.2) is 16.2 Å². The van der Waals surface area contributed by atoms with Crippen molar-refractivity contribution in [2.45, 2.75) is 13.3 Å². The summed E-state index contributed by atoms with van der Waals surface area (Å²) in [6, 6.07) is 12.6. The maximum Gasteiger partial charge on any atom is 0.354 e. The highest BCUT2D eigenvalue weighted by atomic mass is 32.1. The van der Waals surface area contributed by atoms with E-state index in [1.165, 1.54) is 28.2 Å². The molecule has 0 fully saturated rings. The normalized spacial score (nSPS) is 11.1. The van der Waals surface area contributed by atoms with E-state index in [9.17, 15) is 9.59 Å². The van der Waals surface area contributed by atoms with Gasteiger partial charge in [0.2, 0.25) is 0 Å². The molecule has 2 heterocycles. The summed E-state index contributed by atoms with van der Waals surface area (Å²) in [4.78, 5) is 29.6. The van der Waals surface area contributed by atoms with E-state index in [2.05, 4.69) is 4.98 Å². The fraction of sp³-hybridized carbons (Fsp3) is 0.150. The molecule has 0 bridgehead atoms. The fourth-order valence-electron chi connectivity index (χ4n) is 3.01. The number of ether oxygens (including phenoxy) is 1. The summed E-state index contributed by atoms with van der Waals surface area (Å²) in [5.74, 6) is 0.598. The van der Waals surface area contributed by atoms with E-state index in [4.69, 9.17) is 10.5 Å². The highest BCUT2D eigenvalue weighted by Gasteiger charge is 2.18. The lowest BCUT2D eigenvalue weighted by Gasteiger charge is -2.15. The summed E-state index contributed by atoms with van der Waals surface area (Å²) >= 11 is 1.50. The molecule has 0 saturated carbocycles. The van der Waals surface area contributed by atoms with Gasteiger partial charge in [-0.2, -0.15) is 4.98 Å². The first kappa shape index (κ1) is 17.2. The van der Waals surface area contributed by atoms with E-state index < -0.39 is 5.69 Å². The van der Waals surface area contributed by atoms with Gasteiger partial charge in [0.1, 0.15) is 17.3 Å². The highest BCUT2D eigenvalue weighted by Crippen LogP contribution is 2.33. The van der Waals surface area contributed by atoms with Crippen LogP contribution in [0.15, 0.2) is 58.3 Å². The van der Waals surface area contributed by atoms with Crippen LogP contribution in [0.5, 0.6) is 5.75 Å². The highest BCUT2D eigenvalue weighted by molar-refractivity contribution is 7.24. The molecule has 2 aromatic carbocycles. The fourth-order valence-corrected chi connectivity index (χ4v) is 4.09. The quantitative estimate of drug-likeness (QED) is 0.550. The predicted octanol–water partition coefficient (Wildman–Crippen LogP) is 3.33. The topological polar surface area (TPSA) is 87.2 Å². The molecule has 27 heavy (non-hydrogen) atoms. The van der Waals surface area contributed by atoms with Gasteiger partial charge in [-0.1, -0.05) is 19.1 Å².